The summed E-state index contributed by atoms with van der Waals surface area (Å²) in [5, 5.41) is 11.3. The minimum atomic E-state index is -4.25. The lowest BCUT2D eigenvalue weighted by Gasteiger charge is -2.27. The van der Waals surface area contributed by atoms with Crippen LogP contribution in [-0.2, 0) is 14.6 Å². The van der Waals surface area contributed by atoms with Gasteiger partial charge in [-0.05, 0) is 67.4 Å². The van der Waals surface area contributed by atoms with E-state index in [4.69, 9.17) is 16.3 Å². The summed E-state index contributed by atoms with van der Waals surface area (Å²) in [4.78, 5) is 14.2. The Morgan fingerprint density at radius 2 is 1.71 bits per heavy atom. The van der Waals surface area contributed by atoms with Crippen molar-refractivity contribution in [3.63, 3.8) is 0 Å². The molecule has 8 heteroatoms. The van der Waals surface area contributed by atoms with Crippen molar-refractivity contribution in [2.45, 2.75) is 37.6 Å². The molecule has 1 amide bonds. The second-order valence-corrected chi connectivity index (χ2v) is 10.7. The summed E-state index contributed by atoms with van der Waals surface area (Å²) in [5.41, 5.74) is 1.95. The molecule has 1 unspecified atom stereocenters. The first-order valence-electron chi connectivity index (χ1n) is 11.3. The van der Waals surface area contributed by atoms with Crippen molar-refractivity contribution in [2.75, 3.05) is 11.5 Å². The van der Waals surface area contributed by atoms with Gasteiger partial charge in [-0.25, -0.2) is 8.42 Å². The molecular formula is C27H26ClNO5S. The van der Waals surface area contributed by atoms with E-state index in [0.29, 0.717) is 28.6 Å². The minimum Gasteiger partial charge on any atom is -0.502 e. The molecular weight excluding hydrogens is 486 g/mol. The molecule has 1 heterocycles. The molecule has 1 atom stereocenters. The molecule has 0 fully saturated rings. The predicted molar refractivity (Wildman–Crippen MR) is 137 cm³/mol. The third kappa shape index (κ3) is 4.92. The SMILES string of the molecule is CCCCOc1cccc(C2C(S(=O)(=O)c3ccc(Cl)cc3)=C(O)C(=O)N2c2ccc(C)cc2)c1. The van der Waals surface area contributed by atoms with E-state index in [9.17, 15) is 18.3 Å². The molecule has 0 aromatic heterocycles. The first-order chi connectivity index (χ1) is 16.7. The molecule has 1 aliphatic rings. The van der Waals surface area contributed by atoms with Crippen LogP contribution < -0.4 is 9.64 Å². The average molecular weight is 512 g/mol. The Morgan fingerprint density at radius 1 is 1.03 bits per heavy atom. The van der Waals surface area contributed by atoms with Crippen molar-refractivity contribution in [1.29, 1.82) is 0 Å². The van der Waals surface area contributed by atoms with Crippen LogP contribution in [0.5, 0.6) is 5.75 Å². The number of halogens is 1. The van der Waals surface area contributed by atoms with Gasteiger partial charge in [-0.1, -0.05) is 54.8 Å². The number of hydrogen-bond acceptors (Lipinski definition) is 5. The number of aliphatic hydroxyl groups excluding tert-OH is 1. The van der Waals surface area contributed by atoms with Crippen LogP contribution in [0.2, 0.25) is 5.02 Å². The number of ether oxygens (including phenoxy) is 1. The second kappa shape index (κ2) is 10.1. The summed E-state index contributed by atoms with van der Waals surface area (Å²) in [6.45, 7) is 4.49. The summed E-state index contributed by atoms with van der Waals surface area (Å²) in [7, 11) is -4.25. The molecule has 0 spiro atoms. The number of unbranched alkanes of at least 4 members (excludes halogenated alkanes) is 1. The van der Waals surface area contributed by atoms with E-state index in [2.05, 4.69) is 6.92 Å². The van der Waals surface area contributed by atoms with Crippen LogP contribution in [0.15, 0.2) is 88.4 Å². The fourth-order valence-electron chi connectivity index (χ4n) is 3.98. The number of carbonyl (C=O) groups excluding carboxylic acids is 1. The van der Waals surface area contributed by atoms with Gasteiger partial charge in [0.15, 0.2) is 5.76 Å². The summed E-state index contributed by atoms with van der Waals surface area (Å²) in [5.74, 6) is -1.03. The van der Waals surface area contributed by atoms with Crippen molar-refractivity contribution < 1.29 is 23.1 Å². The Balaban J connectivity index is 1.87. The van der Waals surface area contributed by atoms with E-state index in [1.54, 1.807) is 36.4 Å². The average Bonchev–Trinajstić information content (AvgIpc) is 3.11. The number of aliphatic hydroxyl groups is 1. The normalized spacial score (nSPS) is 16.1. The maximum absolute atomic E-state index is 13.7. The zero-order valence-corrected chi connectivity index (χ0v) is 21.0. The molecule has 182 valence electrons. The lowest BCUT2D eigenvalue weighted by Crippen LogP contribution is -2.31. The predicted octanol–water partition coefficient (Wildman–Crippen LogP) is 6.16. The minimum absolute atomic E-state index is 0.0673. The molecule has 0 radical (unpaired) electrons. The number of amides is 1. The van der Waals surface area contributed by atoms with Crippen LogP contribution in [0.25, 0.3) is 0 Å². The van der Waals surface area contributed by atoms with Gasteiger partial charge in [0.1, 0.15) is 16.7 Å². The number of aryl methyl sites for hydroxylation is 1. The fraction of sp³-hybridized carbons (Fsp3) is 0.222. The largest absolute Gasteiger partial charge is 0.502 e. The van der Waals surface area contributed by atoms with Crippen LogP contribution >= 0.6 is 11.6 Å². The third-order valence-electron chi connectivity index (χ3n) is 5.83. The van der Waals surface area contributed by atoms with Gasteiger partial charge < -0.3 is 9.84 Å². The van der Waals surface area contributed by atoms with Gasteiger partial charge in [0.2, 0.25) is 9.84 Å². The number of anilines is 1. The second-order valence-electron chi connectivity index (χ2n) is 8.36. The Kier molecular flexibility index (Phi) is 7.19. The van der Waals surface area contributed by atoms with Gasteiger partial charge >= 0.3 is 0 Å². The highest BCUT2D eigenvalue weighted by atomic mass is 35.5. The number of hydrogen-bond donors (Lipinski definition) is 1. The lowest BCUT2D eigenvalue weighted by molar-refractivity contribution is -0.117. The molecule has 0 saturated carbocycles. The molecule has 0 bridgehead atoms. The Bertz CT molecular complexity index is 1370. The van der Waals surface area contributed by atoms with Crippen molar-refractivity contribution in [3.05, 3.63) is 99.6 Å². The molecule has 35 heavy (non-hydrogen) atoms. The third-order valence-corrected chi connectivity index (χ3v) is 7.97. The van der Waals surface area contributed by atoms with E-state index in [-0.39, 0.29) is 9.80 Å². The van der Waals surface area contributed by atoms with Crippen LogP contribution in [0.1, 0.15) is 36.9 Å². The molecule has 1 N–H and O–H groups in total. The van der Waals surface area contributed by atoms with Crippen molar-refractivity contribution in [1.82, 2.24) is 0 Å². The topological polar surface area (TPSA) is 83.9 Å². The molecule has 3 aromatic carbocycles. The highest BCUT2D eigenvalue weighted by Crippen LogP contribution is 2.45. The highest BCUT2D eigenvalue weighted by molar-refractivity contribution is 7.95. The molecule has 1 aliphatic heterocycles. The summed E-state index contributed by atoms with van der Waals surface area (Å²) >= 11 is 5.95. The van der Waals surface area contributed by atoms with Gasteiger partial charge in [0.05, 0.1) is 11.5 Å². The van der Waals surface area contributed by atoms with E-state index >= 15 is 0 Å². The van der Waals surface area contributed by atoms with Gasteiger partial charge in [-0.2, -0.15) is 0 Å². The lowest BCUT2D eigenvalue weighted by atomic mass is 10.1. The van der Waals surface area contributed by atoms with E-state index in [0.717, 1.165) is 18.4 Å². The molecule has 4 rings (SSSR count). The Labute approximate surface area is 210 Å². The summed E-state index contributed by atoms with van der Waals surface area (Å²) in [6, 6.07) is 18.6. The van der Waals surface area contributed by atoms with Crippen LogP contribution in [0.3, 0.4) is 0 Å². The first-order valence-corrected chi connectivity index (χ1v) is 13.2. The fourth-order valence-corrected chi connectivity index (χ4v) is 5.73. The highest BCUT2D eigenvalue weighted by Gasteiger charge is 2.47. The van der Waals surface area contributed by atoms with E-state index in [1.165, 1.54) is 29.2 Å². The maximum atomic E-state index is 13.7. The van der Waals surface area contributed by atoms with Crippen LogP contribution in [0, 0.1) is 6.92 Å². The van der Waals surface area contributed by atoms with Gasteiger partial charge in [-0.3, -0.25) is 9.69 Å². The quantitative estimate of drug-likeness (QED) is 0.366. The number of benzene rings is 3. The molecule has 3 aromatic rings. The first kappa shape index (κ1) is 24.8. The number of carbonyl (C=O) groups is 1. The van der Waals surface area contributed by atoms with Gasteiger partial charge in [0, 0.05) is 10.7 Å². The summed E-state index contributed by atoms with van der Waals surface area (Å²) < 4.78 is 33.3. The van der Waals surface area contributed by atoms with E-state index in [1.807, 2.05) is 19.1 Å². The Hall–Kier alpha value is -3.29. The zero-order valence-electron chi connectivity index (χ0n) is 19.4. The number of rotatable bonds is 8. The van der Waals surface area contributed by atoms with Crippen LogP contribution in [-0.4, -0.2) is 26.0 Å². The van der Waals surface area contributed by atoms with Crippen molar-refractivity contribution >= 4 is 33.0 Å². The maximum Gasteiger partial charge on any atom is 0.295 e. The smallest absolute Gasteiger partial charge is 0.295 e. The number of nitrogens with zero attached hydrogens (tertiary/aromatic N) is 1. The Morgan fingerprint density at radius 3 is 2.37 bits per heavy atom. The van der Waals surface area contributed by atoms with Crippen molar-refractivity contribution in [3.8, 4) is 5.75 Å². The molecule has 6 nitrogen and oxygen atoms in total. The molecule has 0 aliphatic carbocycles. The van der Waals surface area contributed by atoms with Crippen molar-refractivity contribution in [2.24, 2.45) is 0 Å². The van der Waals surface area contributed by atoms with Crippen LogP contribution in [0.4, 0.5) is 5.69 Å². The standard InChI is InChI=1S/C27H26ClNO5S/c1-3-4-16-34-22-7-5-6-19(17-22)24-26(35(32,33)23-14-10-20(28)11-15-23)25(30)27(31)29(24)21-12-8-18(2)9-13-21/h5-15,17,24,30H,3-4,16H2,1-2H3. The monoisotopic (exact) mass is 511 g/mol. The number of sulfone groups is 1. The van der Waals surface area contributed by atoms with E-state index < -0.39 is 27.5 Å². The zero-order chi connectivity index (χ0) is 25.2. The summed E-state index contributed by atoms with van der Waals surface area (Å²) in [6.07, 6.45) is 1.84. The van der Waals surface area contributed by atoms with Gasteiger partial charge in [-0.15, -0.1) is 0 Å². The molecule has 0 saturated heterocycles. The van der Waals surface area contributed by atoms with Gasteiger partial charge in [0.25, 0.3) is 5.91 Å².